The summed E-state index contributed by atoms with van der Waals surface area (Å²) >= 11 is 0. The molecule has 3 rings (SSSR count). The maximum Gasteiger partial charge on any atom is 0.270 e. The molecule has 0 radical (unpaired) electrons. The zero-order valence-electron chi connectivity index (χ0n) is 16.9. The fourth-order valence-corrected chi connectivity index (χ4v) is 5.61. The van der Waals surface area contributed by atoms with Crippen molar-refractivity contribution >= 4 is 34.2 Å². The summed E-state index contributed by atoms with van der Waals surface area (Å²) in [6.07, 6.45) is 3.35. The molecule has 3 heterocycles. The molecule has 28 heavy (non-hydrogen) atoms. The van der Waals surface area contributed by atoms with Crippen molar-refractivity contribution in [1.82, 2.24) is 19.1 Å². The van der Waals surface area contributed by atoms with Crippen molar-refractivity contribution in [3.63, 3.8) is 0 Å². The summed E-state index contributed by atoms with van der Waals surface area (Å²) in [6, 6.07) is 0.936. The molecule has 10 heteroatoms. The quantitative estimate of drug-likeness (QED) is 0.753. The lowest BCUT2D eigenvalue weighted by Gasteiger charge is -2.28. The molecular weight excluding hydrogens is 404 g/mol. The SMILES string of the molecule is CC(C)[C@@H]1C(=O)N(S(C)(=O)=O)[C@@H]2CCN(C(=O)c3cc(CN(C)C)c[nH]3)[C@H]21.Cl. The molecule has 0 bridgehead atoms. The van der Waals surface area contributed by atoms with Crippen molar-refractivity contribution in [1.29, 1.82) is 0 Å². The fraction of sp³-hybridized carbons (Fsp3) is 0.667. The Kier molecular flexibility index (Phi) is 6.52. The maximum atomic E-state index is 13.1. The molecule has 2 amide bonds. The standard InChI is InChI=1S/C18H28N4O4S.ClH/c1-11(2)15-16-14(22(18(15)24)27(5,25)26)6-7-21(16)17(23)13-8-12(9-19-13)10-20(3)4;/h8-9,11,14-16,19H,6-7,10H2,1-5H3;1H/t14-,15+,16-;/m1./s1. The number of halogens is 1. The maximum absolute atomic E-state index is 13.1. The number of hydrogen-bond acceptors (Lipinski definition) is 5. The van der Waals surface area contributed by atoms with Crippen LogP contribution in [0.15, 0.2) is 12.3 Å². The van der Waals surface area contributed by atoms with Crippen molar-refractivity contribution in [2.45, 2.75) is 38.9 Å². The number of H-pyrrole nitrogens is 1. The Morgan fingerprint density at radius 3 is 2.54 bits per heavy atom. The minimum atomic E-state index is -3.66. The zero-order valence-corrected chi connectivity index (χ0v) is 18.5. The van der Waals surface area contributed by atoms with Gasteiger partial charge in [-0.1, -0.05) is 13.8 Å². The summed E-state index contributed by atoms with van der Waals surface area (Å²) < 4.78 is 25.4. The molecule has 2 fully saturated rings. The van der Waals surface area contributed by atoms with E-state index < -0.39 is 28.0 Å². The summed E-state index contributed by atoms with van der Waals surface area (Å²) in [5.74, 6) is -1.13. The van der Waals surface area contributed by atoms with Crippen LogP contribution in [0, 0.1) is 11.8 Å². The molecule has 0 saturated carbocycles. The van der Waals surface area contributed by atoms with Crippen LogP contribution in [-0.4, -0.2) is 78.3 Å². The summed E-state index contributed by atoms with van der Waals surface area (Å²) in [7, 11) is 0.247. The number of likely N-dealkylation sites (tertiary alicyclic amines) is 1. The normalized spacial score (nSPS) is 24.8. The lowest BCUT2D eigenvalue weighted by Crippen LogP contribution is -2.44. The van der Waals surface area contributed by atoms with Crippen LogP contribution in [0.1, 0.15) is 36.3 Å². The third-order valence-corrected chi connectivity index (χ3v) is 6.57. The van der Waals surface area contributed by atoms with Crippen LogP contribution in [0.2, 0.25) is 0 Å². The van der Waals surface area contributed by atoms with E-state index in [0.717, 1.165) is 16.1 Å². The van der Waals surface area contributed by atoms with Gasteiger partial charge in [0.1, 0.15) is 5.69 Å². The van der Waals surface area contributed by atoms with Crippen LogP contribution in [0.3, 0.4) is 0 Å². The van der Waals surface area contributed by atoms with Gasteiger partial charge in [-0.3, -0.25) is 9.59 Å². The second-order valence-electron chi connectivity index (χ2n) is 8.17. The number of hydrogen-bond donors (Lipinski definition) is 1. The monoisotopic (exact) mass is 432 g/mol. The smallest absolute Gasteiger partial charge is 0.270 e. The van der Waals surface area contributed by atoms with E-state index in [1.165, 1.54) is 0 Å². The van der Waals surface area contributed by atoms with Gasteiger partial charge in [-0.15, -0.1) is 12.4 Å². The Morgan fingerprint density at radius 1 is 1.36 bits per heavy atom. The average molecular weight is 433 g/mol. The van der Waals surface area contributed by atoms with Crippen LogP contribution >= 0.6 is 12.4 Å². The minimum Gasteiger partial charge on any atom is -0.357 e. The first-order valence-corrected chi connectivity index (χ1v) is 11.0. The van der Waals surface area contributed by atoms with Gasteiger partial charge in [0.2, 0.25) is 15.9 Å². The van der Waals surface area contributed by atoms with E-state index in [0.29, 0.717) is 25.2 Å². The van der Waals surface area contributed by atoms with Crippen LogP contribution in [0.5, 0.6) is 0 Å². The topological polar surface area (TPSA) is 93.8 Å². The highest BCUT2D eigenvalue weighted by atomic mass is 35.5. The first-order chi connectivity index (χ1) is 12.5. The lowest BCUT2D eigenvalue weighted by atomic mass is 9.88. The Hall–Kier alpha value is -1.58. The summed E-state index contributed by atoms with van der Waals surface area (Å²) in [6.45, 7) is 4.95. The number of carbonyl (C=O) groups is 2. The molecule has 0 aromatic carbocycles. The lowest BCUT2D eigenvalue weighted by molar-refractivity contribution is -0.129. The van der Waals surface area contributed by atoms with Gasteiger partial charge in [0, 0.05) is 19.3 Å². The molecule has 0 spiro atoms. The van der Waals surface area contributed by atoms with E-state index in [1.54, 1.807) is 4.90 Å². The van der Waals surface area contributed by atoms with E-state index in [1.807, 2.05) is 45.1 Å². The van der Waals surface area contributed by atoms with Crippen LogP contribution in [0.25, 0.3) is 0 Å². The van der Waals surface area contributed by atoms with Crippen LogP contribution in [0.4, 0.5) is 0 Å². The van der Waals surface area contributed by atoms with Gasteiger partial charge in [-0.05, 0) is 38.1 Å². The van der Waals surface area contributed by atoms with Gasteiger partial charge in [0.05, 0.1) is 24.3 Å². The first kappa shape index (κ1) is 22.7. The van der Waals surface area contributed by atoms with Crippen molar-refractivity contribution in [2.24, 2.45) is 11.8 Å². The second-order valence-corrected chi connectivity index (χ2v) is 10.0. The molecule has 2 aliphatic rings. The molecule has 0 unspecified atom stereocenters. The zero-order chi connectivity index (χ0) is 20.1. The molecular formula is C18H29ClN4O4S. The summed E-state index contributed by atoms with van der Waals surface area (Å²) in [5.41, 5.74) is 1.47. The highest BCUT2D eigenvalue weighted by molar-refractivity contribution is 7.88. The number of nitrogens with zero attached hydrogens (tertiary/aromatic N) is 3. The minimum absolute atomic E-state index is 0. The second kappa shape index (κ2) is 8.04. The van der Waals surface area contributed by atoms with Crippen LogP contribution in [-0.2, 0) is 21.4 Å². The molecule has 0 aliphatic carbocycles. The number of aromatic amines is 1. The predicted octanol–water partition coefficient (Wildman–Crippen LogP) is 1.16. The Morgan fingerprint density at radius 2 is 2.00 bits per heavy atom. The predicted molar refractivity (Wildman–Crippen MR) is 109 cm³/mol. The van der Waals surface area contributed by atoms with E-state index in [-0.39, 0.29) is 30.1 Å². The van der Waals surface area contributed by atoms with E-state index >= 15 is 0 Å². The molecule has 2 aliphatic heterocycles. The molecule has 2 saturated heterocycles. The van der Waals surface area contributed by atoms with E-state index in [4.69, 9.17) is 0 Å². The van der Waals surface area contributed by atoms with Gasteiger partial charge in [0.15, 0.2) is 0 Å². The van der Waals surface area contributed by atoms with E-state index in [2.05, 4.69) is 4.98 Å². The van der Waals surface area contributed by atoms with Crippen molar-refractivity contribution in [3.05, 3.63) is 23.5 Å². The first-order valence-electron chi connectivity index (χ1n) is 9.18. The third kappa shape index (κ3) is 3.92. The number of rotatable bonds is 5. The van der Waals surface area contributed by atoms with Crippen molar-refractivity contribution in [3.8, 4) is 0 Å². The Bertz CT molecular complexity index is 852. The Balaban J connectivity index is 0.00000280. The van der Waals surface area contributed by atoms with Crippen molar-refractivity contribution < 1.29 is 18.0 Å². The van der Waals surface area contributed by atoms with Crippen molar-refractivity contribution in [2.75, 3.05) is 26.9 Å². The summed E-state index contributed by atoms with van der Waals surface area (Å²) in [5, 5.41) is 0. The fourth-order valence-electron chi connectivity index (χ4n) is 4.44. The molecule has 3 atom stereocenters. The number of sulfonamides is 1. The Labute approximate surface area is 172 Å². The van der Waals surface area contributed by atoms with Gasteiger partial charge in [0.25, 0.3) is 5.91 Å². The average Bonchev–Trinajstić information content (AvgIpc) is 3.18. The number of carbonyl (C=O) groups excluding carboxylic acids is 2. The van der Waals surface area contributed by atoms with Gasteiger partial charge >= 0.3 is 0 Å². The molecule has 158 valence electrons. The molecule has 1 N–H and O–H groups in total. The third-order valence-electron chi connectivity index (χ3n) is 5.40. The van der Waals surface area contributed by atoms with Gasteiger partial charge in [-0.2, -0.15) is 0 Å². The number of nitrogens with one attached hydrogen (secondary N) is 1. The van der Waals surface area contributed by atoms with Crippen LogP contribution < -0.4 is 0 Å². The highest BCUT2D eigenvalue weighted by Crippen LogP contribution is 2.41. The molecule has 1 aromatic rings. The summed E-state index contributed by atoms with van der Waals surface area (Å²) in [4.78, 5) is 32.7. The number of aromatic nitrogens is 1. The van der Waals surface area contributed by atoms with Gasteiger partial charge < -0.3 is 14.8 Å². The molecule has 1 aromatic heterocycles. The number of amides is 2. The largest absolute Gasteiger partial charge is 0.357 e. The van der Waals surface area contributed by atoms with Gasteiger partial charge in [-0.25, -0.2) is 12.7 Å². The highest BCUT2D eigenvalue weighted by Gasteiger charge is 2.58. The number of fused-ring (bicyclic) bond motifs is 1. The molecule has 8 nitrogen and oxygen atoms in total. The van der Waals surface area contributed by atoms with E-state index in [9.17, 15) is 18.0 Å².